The van der Waals surface area contributed by atoms with Gasteiger partial charge in [-0.15, -0.1) is 5.75 Å². The molecule has 0 saturated heterocycles. The van der Waals surface area contributed by atoms with Crippen molar-refractivity contribution in [2.75, 3.05) is 6.61 Å². The van der Waals surface area contributed by atoms with Crippen molar-refractivity contribution in [1.82, 2.24) is 0 Å². The van der Waals surface area contributed by atoms with Crippen LogP contribution < -0.4 is 5.11 Å². The van der Waals surface area contributed by atoms with E-state index in [2.05, 4.69) is 0 Å². The van der Waals surface area contributed by atoms with Gasteiger partial charge in [0, 0.05) is 0 Å². The van der Waals surface area contributed by atoms with Crippen LogP contribution in [0.3, 0.4) is 0 Å². The van der Waals surface area contributed by atoms with Crippen molar-refractivity contribution in [2.24, 2.45) is 0 Å². The zero-order valence-electron chi connectivity index (χ0n) is 7.45. The fraction of sp³-hybridized carbons (Fsp3) is 0.300. The summed E-state index contributed by atoms with van der Waals surface area (Å²) in [6.45, 7) is 2.34. The molecule has 0 aliphatic rings. The molecule has 0 amide bonds. The van der Waals surface area contributed by atoms with Crippen LogP contribution in [0.2, 0.25) is 0 Å². The molecule has 0 saturated carbocycles. The van der Waals surface area contributed by atoms with E-state index in [-0.39, 0.29) is 11.7 Å². The highest BCUT2D eigenvalue weighted by Gasteiger charge is 2.03. The quantitative estimate of drug-likeness (QED) is 0.657. The fourth-order valence-corrected chi connectivity index (χ4v) is 0.869. The Labute approximate surface area is 77.0 Å². The maximum atomic E-state index is 11.2. The van der Waals surface area contributed by atoms with Crippen LogP contribution in [-0.2, 0) is 4.74 Å². The summed E-state index contributed by atoms with van der Waals surface area (Å²) in [5.74, 6) is -0.478. The molecule has 1 aromatic rings. The molecule has 3 heteroatoms. The summed E-state index contributed by atoms with van der Waals surface area (Å²) >= 11 is 0. The Balaban J connectivity index is 2.61. The first-order valence-corrected chi connectivity index (χ1v) is 4.18. The number of carbonyl (C=O) groups is 1. The van der Waals surface area contributed by atoms with Gasteiger partial charge in [0.05, 0.1) is 12.2 Å². The van der Waals surface area contributed by atoms with Crippen LogP contribution in [0.5, 0.6) is 5.75 Å². The smallest absolute Gasteiger partial charge is 0.338 e. The van der Waals surface area contributed by atoms with E-state index in [9.17, 15) is 9.90 Å². The molecular formula is C10H11O3-. The minimum absolute atomic E-state index is 0.105. The first kappa shape index (κ1) is 9.58. The summed E-state index contributed by atoms with van der Waals surface area (Å²) in [6, 6.07) is 5.64. The van der Waals surface area contributed by atoms with Gasteiger partial charge in [0.1, 0.15) is 0 Å². The highest BCUT2D eigenvalue weighted by atomic mass is 16.5. The van der Waals surface area contributed by atoms with Crippen LogP contribution in [0.25, 0.3) is 0 Å². The van der Waals surface area contributed by atoms with Crippen LogP contribution in [0, 0.1) is 0 Å². The van der Waals surface area contributed by atoms with E-state index in [1.165, 1.54) is 24.3 Å². The summed E-state index contributed by atoms with van der Waals surface area (Å²) in [7, 11) is 0. The van der Waals surface area contributed by atoms with Gasteiger partial charge in [0.15, 0.2) is 0 Å². The number of esters is 1. The van der Waals surface area contributed by atoms with Gasteiger partial charge in [-0.3, -0.25) is 0 Å². The minimum Gasteiger partial charge on any atom is -0.872 e. The van der Waals surface area contributed by atoms with E-state index in [1.54, 1.807) is 0 Å². The summed E-state index contributed by atoms with van der Waals surface area (Å²) < 4.78 is 4.88. The molecule has 0 aromatic heterocycles. The van der Waals surface area contributed by atoms with Crippen molar-refractivity contribution >= 4 is 5.97 Å². The third-order valence-corrected chi connectivity index (χ3v) is 1.53. The number of hydrogen-bond acceptors (Lipinski definition) is 3. The lowest BCUT2D eigenvalue weighted by Gasteiger charge is -2.06. The molecule has 0 radical (unpaired) electrons. The number of hydrogen-bond donors (Lipinski definition) is 0. The molecule has 0 bridgehead atoms. The van der Waals surface area contributed by atoms with Crippen LogP contribution in [0.4, 0.5) is 0 Å². The van der Waals surface area contributed by atoms with Crippen molar-refractivity contribution in [2.45, 2.75) is 13.3 Å². The van der Waals surface area contributed by atoms with E-state index in [0.717, 1.165) is 6.42 Å². The highest BCUT2D eigenvalue weighted by molar-refractivity contribution is 5.89. The molecule has 0 heterocycles. The van der Waals surface area contributed by atoms with Crippen molar-refractivity contribution in [1.29, 1.82) is 0 Å². The molecule has 70 valence electrons. The van der Waals surface area contributed by atoms with E-state index in [0.29, 0.717) is 12.2 Å². The maximum Gasteiger partial charge on any atom is 0.338 e. The summed E-state index contributed by atoms with van der Waals surface area (Å²) in [4.78, 5) is 11.2. The molecule has 0 N–H and O–H groups in total. The Morgan fingerprint density at radius 1 is 1.38 bits per heavy atom. The summed E-state index contributed by atoms with van der Waals surface area (Å²) in [6.07, 6.45) is 0.797. The van der Waals surface area contributed by atoms with Crippen molar-refractivity contribution < 1.29 is 14.6 Å². The van der Waals surface area contributed by atoms with E-state index in [4.69, 9.17) is 4.74 Å². The molecule has 0 unspecified atom stereocenters. The van der Waals surface area contributed by atoms with Gasteiger partial charge in [-0.25, -0.2) is 4.79 Å². The molecule has 1 aromatic carbocycles. The number of ether oxygens (including phenoxy) is 1. The van der Waals surface area contributed by atoms with Gasteiger partial charge in [0.2, 0.25) is 0 Å². The van der Waals surface area contributed by atoms with Crippen LogP contribution in [-0.4, -0.2) is 12.6 Å². The second-order valence-electron chi connectivity index (χ2n) is 2.66. The van der Waals surface area contributed by atoms with Crippen LogP contribution in [0.15, 0.2) is 24.3 Å². The zero-order chi connectivity index (χ0) is 9.68. The molecule has 0 fully saturated rings. The first-order valence-electron chi connectivity index (χ1n) is 4.18. The second kappa shape index (κ2) is 4.50. The molecular weight excluding hydrogens is 168 g/mol. The lowest BCUT2D eigenvalue weighted by molar-refractivity contribution is -0.268. The summed E-state index contributed by atoms with van der Waals surface area (Å²) in [5.41, 5.74) is 0.424. The predicted molar refractivity (Wildman–Crippen MR) is 46.5 cm³/mol. The Hall–Kier alpha value is -1.51. The molecule has 0 atom stereocenters. The molecule has 3 nitrogen and oxygen atoms in total. The van der Waals surface area contributed by atoms with Gasteiger partial charge in [-0.05, 0) is 18.6 Å². The van der Waals surface area contributed by atoms with Crippen molar-refractivity contribution in [3.8, 4) is 5.75 Å². The SMILES string of the molecule is CCCOC(=O)c1ccc([O-])cc1. The third kappa shape index (κ3) is 2.78. The lowest BCUT2D eigenvalue weighted by Crippen LogP contribution is -2.05. The van der Waals surface area contributed by atoms with Crippen molar-refractivity contribution in [3.05, 3.63) is 29.8 Å². The Bertz CT molecular complexity index is 277. The predicted octanol–water partition coefficient (Wildman–Crippen LogP) is 1.33. The van der Waals surface area contributed by atoms with Gasteiger partial charge in [0.25, 0.3) is 0 Å². The molecule has 0 aliphatic heterocycles. The average Bonchev–Trinajstić information content (AvgIpc) is 2.15. The Morgan fingerprint density at radius 2 is 2.00 bits per heavy atom. The topological polar surface area (TPSA) is 49.4 Å². The molecule has 13 heavy (non-hydrogen) atoms. The van der Waals surface area contributed by atoms with E-state index < -0.39 is 0 Å². The first-order chi connectivity index (χ1) is 6.24. The van der Waals surface area contributed by atoms with Gasteiger partial charge in [-0.2, -0.15) is 0 Å². The third-order valence-electron chi connectivity index (χ3n) is 1.53. The highest BCUT2D eigenvalue weighted by Crippen LogP contribution is 2.07. The molecule has 0 spiro atoms. The Morgan fingerprint density at radius 3 is 2.54 bits per heavy atom. The monoisotopic (exact) mass is 179 g/mol. The van der Waals surface area contributed by atoms with E-state index >= 15 is 0 Å². The average molecular weight is 179 g/mol. The van der Waals surface area contributed by atoms with Gasteiger partial charge in [-0.1, -0.05) is 19.1 Å². The minimum atomic E-state index is -0.373. The van der Waals surface area contributed by atoms with E-state index in [1.807, 2.05) is 6.92 Å². The normalized spacial score (nSPS) is 9.62. The van der Waals surface area contributed by atoms with Crippen LogP contribution >= 0.6 is 0 Å². The van der Waals surface area contributed by atoms with Gasteiger partial charge < -0.3 is 9.84 Å². The number of rotatable bonds is 3. The standard InChI is InChI=1S/C10H12O3/c1-2-7-13-10(12)8-3-5-9(11)6-4-8/h3-6,11H,2,7H2,1H3/p-1. The zero-order valence-corrected chi connectivity index (χ0v) is 7.45. The Kier molecular flexibility index (Phi) is 3.31. The largest absolute Gasteiger partial charge is 0.872 e. The summed E-state index contributed by atoms with van der Waals surface area (Å²) in [5, 5.41) is 10.7. The molecule has 1 rings (SSSR count). The number of benzene rings is 1. The number of carbonyl (C=O) groups excluding carboxylic acids is 1. The van der Waals surface area contributed by atoms with Crippen molar-refractivity contribution in [3.63, 3.8) is 0 Å². The second-order valence-corrected chi connectivity index (χ2v) is 2.66. The lowest BCUT2D eigenvalue weighted by atomic mass is 10.2. The molecule has 0 aliphatic carbocycles. The van der Waals surface area contributed by atoms with Crippen LogP contribution in [0.1, 0.15) is 23.7 Å². The maximum absolute atomic E-state index is 11.2. The fourth-order valence-electron chi connectivity index (χ4n) is 0.869. The van der Waals surface area contributed by atoms with Gasteiger partial charge >= 0.3 is 5.97 Å².